The Hall–Kier alpha value is -2.52. The van der Waals surface area contributed by atoms with Crippen LogP contribution in [0, 0.1) is 10.1 Å². The standard InChI is InChI=1S/C14H15N3O5S/c1-16(7-6-12(18)19)8-11-13(15-14(20)23-11)9-2-4-10(5-3-9)17(21)22/h2-5H,6-8H2,1H3,(H,15,20)(H,18,19). The molecule has 0 atom stereocenters. The van der Waals surface area contributed by atoms with Crippen molar-refractivity contribution in [2.24, 2.45) is 0 Å². The zero-order valence-corrected chi connectivity index (χ0v) is 13.1. The predicted octanol–water partition coefficient (Wildman–Crippen LogP) is 1.92. The maximum Gasteiger partial charge on any atom is 0.305 e. The van der Waals surface area contributed by atoms with E-state index in [-0.39, 0.29) is 17.0 Å². The molecule has 0 aliphatic heterocycles. The maximum atomic E-state index is 11.6. The average molecular weight is 337 g/mol. The first kappa shape index (κ1) is 16.8. The smallest absolute Gasteiger partial charge is 0.305 e. The van der Waals surface area contributed by atoms with Gasteiger partial charge >= 0.3 is 10.8 Å². The number of carboxylic acid groups (broad SMARTS) is 1. The van der Waals surface area contributed by atoms with Crippen LogP contribution in [0.15, 0.2) is 29.1 Å². The highest BCUT2D eigenvalue weighted by molar-refractivity contribution is 7.09. The van der Waals surface area contributed by atoms with E-state index < -0.39 is 10.9 Å². The highest BCUT2D eigenvalue weighted by Crippen LogP contribution is 2.26. The van der Waals surface area contributed by atoms with Crippen molar-refractivity contribution >= 4 is 23.0 Å². The molecule has 0 aliphatic rings. The molecule has 0 unspecified atom stereocenters. The SMILES string of the molecule is CN(CCC(=O)O)Cc1sc(=O)[nH]c1-c1ccc([N+](=O)[O-])cc1. The summed E-state index contributed by atoms with van der Waals surface area (Å²) in [5, 5.41) is 19.4. The zero-order chi connectivity index (χ0) is 17.0. The van der Waals surface area contributed by atoms with Crippen molar-refractivity contribution < 1.29 is 14.8 Å². The van der Waals surface area contributed by atoms with E-state index in [0.29, 0.717) is 24.3 Å². The molecule has 1 aromatic carbocycles. The van der Waals surface area contributed by atoms with E-state index in [1.807, 2.05) is 4.90 Å². The fraction of sp³-hybridized carbons (Fsp3) is 0.286. The topological polar surface area (TPSA) is 117 Å². The summed E-state index contributed by atoms with van der Waals surface area (Å²) in [6, 6.07) is 5.92. The third-order valence-electron chi connectivity index (χ3n) is 3.21. The van der Waals surface area contributed by atoms with Gasteiger partial charge in [0.1, 0.15) is 0 Å². The number of rotatable bonds is 7. The van der Waals surface area contributed by atoms with E-state index in [2.05, 4.69) is 4.98 Å². The van der Waals surface area contributed by atoms with Gasteiger partial charge in [-0.1, -0.05) is 11.3 Å². The number of benzene rings is 1. The van der Waals surface area contributed by atoms with E-state index in [9.17, 15) is 19.7 Å². The lowest BCUT2D eigenvalue weighted by Crippen LogP contribution is -2.21. The van der Waals surface area contributed by atoms with Gasteiger partial charge in [0.05, 0.1) is 17.0 Å². The molecule has 0 aliphatic carbocycles. The first-order valence-corrected chi connectivity index (χ1v) is 7.55. The van der Waals surface area contributed by atoms with Gasteiger partial charge in [-0.25, -0.2) is 0 Å². The Kier molecular flexibility index (Phi) is 5.24. The quantitative estimate of drug-likeness (QED) is 0.589. The van der Waals surface area contributed by atoms with Gasteiger partial charge in [0, 0.05) is 30.1 Å². The molecular weight excluding hydrogens is 322 g/mol. The van der Waals surface area contributed by atoms with E-state index in [4.69, 9.17) is 5.11 Å². The van der Waals surface area contributed by atoms with Crippen LogP contribution in [-0.2, 0) is 11.3 Å². The number of nitro benzene ring substituents is 1. The highest BCUT2D eigenvalue weighted by atomic mass is 32.1. The van der Waals surface area contributed by atoms with Crippen molar-refractivity contribution in [2.45, 2.75) is 13.0 Å². The largest absolute Gasteiger partial charge is 0.481 e. The molecule has 8 nitrogen and oxygen atoms in total. The number of thiazole rings is 1. The number of nitrogens with zero attached hydrogens (tertiary/aromatic N) is 2. The lowest BCUT2D eigenvalue weighted by atomic mass is 10.1. The summed E-state index contributed by atoms with van der Waals surface area (Å²) in [4.78, 5) is 37.5. The van der Waals surface area contributed by atoms with Gasteiger partial charge < -0.3 is 15.0 Å². The molecule has 0 saturated carbocycles. The summed E-state index contributed by atoms with van der Waals surface area (Å²) in [5.41, 5.74) is 1.26. The van der Waals surface area contributed by atoms with Crippen molar-refractivity contribution in [3.63, 3.8) is 0 Å². The number of non-ortho nitro benzene ring substituents is 1. The summed E-state index contributed by atoms with van der Waals surface area (Å²) in [5.74, 6) is -0.880. The normalized spacial score (nSPS) is 10.9. The van der Waals surface area contributed by atoms with Crippen LogP contribution >= 0.6 is 11.3 Å². The molecule has 0 spiro atoms. The molecule has 1 heterocycles. The van der Waals surface area contributed by atoms with Crippen LogP contribution in [0.5, 0.6) is 0 Å². The Morgan fingerprint density at radius 1 is 1.39 bits per heavy atom. The molecule has 0 bridgehead atoms. The number of hydrogen-bond acceptors (Lipinski definition) is 6. The molecule has 2 aromatic rings. The number of H-pyrrole nitrogens is 1. The van der Waals surface area contributed by atoms with E-state index in [1.165, 1.54) is 12.1 Å². The number of nitrogens with one attached hydrogen (secondary N) is 1. The van der Waals surface area contributed by atoms with Crippen LogP contribution in [0.2, 0.25) is 0 Å². The Morgan fingerprint density at radius 2 is 2.04 bits per heavy atom. The molecule has 0 saturated heterocycles. The molecule has 1 aromatic heterocycles. The average Bonchev–Trinajstić information content (AvgIpc) is 2.85. The van der Waals surface area contributed by atoms with E-state index in [1.54, 1.807) is 19.2 Å². The number of aliphatic carboxylic acids is 1. The van der Waals surface area contributed by atoms with E-state index >= 15 is 0 Å². The second-order valence-corrected chi connectivity index (χ2v) is 6.07. The lowest BCUT2D eigenvalue weighted by molar-refractivity contribution is -0.384. The minimum Gasteiger partial charge on any atom is -0.481 e. The third kappa shape index (κ3) is 4.47. The van der Waals surface area contributed by atoms with Crippen molar-refractivity contribution in [1.82, 2.24) is 9.88 Å². The highest BCUT2D eigenvalue weighted by Gasteiger charge is 2.14. The molecule has 0 fully saturated rings. The predicted molar refractivity (Wildman–Crippen MR) is 85.6 cm³/mol. The van der Waals surface area contributed by atoms with E-state index in [0.717, 1.165) is 16.2 Å². The van der Waals surface area contributed by atoms with Gasteiger partial charge in [-0.2, -0.15) is 0 Å². The summed E-state index contributed by atoms with van der Waals surface area (Å²) < 4.78 is 0. The Labute approximate surface area is 135 Å². The van der Waals surface area contributed by atoms with Crippen LogP contribution in [0.4, 0.5) is 5.69 Å². The summed E-state index contributed by atoms with van der Waals surface area (Å²) >= 11 is 1.05. The number of carboxylic acids is 1. The van der Waals surface area contributed by atoms with Crippen molar-refractivity contribution in [3.05, 3.63) is 48.9 Å². The fourth-order valence-electron chi connectivity index (χ4n) is 2.07. The molecule has 122 valence electrons. The Morgan fingerprint density at radius 3 is 2.61 bits per heavy atom. The summed E-state index contributed by atoms with van der Waals surface area (Å²) in [6.45, 7) is 0.782. The van der Waals surface area contributed by atoms with Gasteiger partial charge in [-0.15, -0.1) is 0 Å². The maximum absolute atomic E-state index is 11.6. The summed E-state index contributed by atoms with van der Waals surface area (Å²) in [6.07, 6.45) is 0.0166. The number of nitro groups is 1. The van der Waals surface area contributed by atoms with Crippen molar-refractivity contribution in [1.29, 1.82) is 0 Å². The number of hydrogen-bond donors (Lipinski definition) is 2. The zero-order valence-electron chi connectivity index (χ0n) is 12.3. The second kappa shape index (κ2) is 7.16. The third-order valence-corrected chi connectivity index (χ3v) is 4.08. The number of carbonyl (C=O) groups is 1. The molecule has 0 radical (unpaired) electrons. The summed E-state index contributed by atoms with van der Waals surface area (Å²) in [7, 11) is 1.77. The van der Waals surface area contributed by atoms with Crippen LogP contribution in [0.1, 0.15) is 11.3 Å². The minimum atomic E-state index is -0.880. The number of aromatic amines is 1. The first-order chi connectivity index (χ1) is 10.9. The first-order valence-electron chi connectivity index (χ1n) is 6.74. The molecule has 0 amide bonds. The molecule has 2 rings (SSSR count). The van der Waals surface area contributed by atoms with Gasteiger partial charge in [0.2, 0.25) is 0 Å². The fourth-order valence-corrected chi connectivity index (χ4v) is 3.00. The Bertz CT molecular complexity index is 765. The monoisotopic (exact) mass is 337 g/mol. The van der Waals surface area contributed by atoms with Gasteiger partial charge in [-0.05, 0) is 24.7 Å². The van der Waals surface area contributed by atoms with Crippen LogP contribution in [0.25, 0.3) is 11.3 Å². The van der Waals surface area contributed by atoms with Gasteiger partial charge in [0.15, 0.2) is 0 Å². The van der Waals surface area contributed by atoms with Crippen molar-refractivity contribution in [2.75, 3.05) is 13.6 Å². The van der Waals surface area contributed by atoms with Crippen LogP contribution < -0.4 is 4.87 Å². The molecule has 9 heteroatoms. The van der Waals surface area contributed by atoms with Gasteiger partial charge in [-0.3, -0.25) is 19.7 Å². The lowest BCUT2D eigenvalue weighted by Gasteiger charge is -2.15. The Balaban J connectivity index is 2.21. The molecular formula is C14H15N3O5S. The minimum absolute atomic E-state index is 0.0166. The van der Waals surface area contributed by atoms with Gasteiger partial charge in [0.25, 0.3) is 5.69 Å². The number of aromatic nitrogens is 1. The van der Waals surface area contributed by atoms with Crippen molar-refractivity contribution in [3.8, 4) is 11.3 Å². The molecule has 2 N–H and O–H groups in total. The van der Waals surface area contributed by atoms with Crippen LogP contribution in [0.3, 0.4) is 0 Å². The second-order valence-electron chi connectivity index (χ2n) is 5.00. The van der Waals surface area contributed by atoms with Crippen LogP contribution in [-0.4, -0.2) is 39.5 Å². The molecule has 23 heavy (non-hydrogen) atoms.